The molecule has 7 heteroatoms. The van der Waals surface area contributed by atoms with Gasteiger partial charge in [-0.05, 0) is 26.3 Å². The van der Waals surface area contributed by atoms with Crippen molar-refractivity contribution in [2.75, 3.05) is 6.54 Å². The molecule has 0 bridgehead atoms. The first-order chi connectivity index (χ1) is 11.7. The summed E-state index contributed by atoms with van der Waals surface area (Å²) in [6.45, 7) is 5.17. The average molecular weight is 342 g/mol. The van der Waals surface area contributed by atoms with E-state index in [1.54, 1.807) is 11.3 Å². The van der Waals surface area contributed by atoms with Gasteiger partial charge in [0.25, 0.3) is 0 Å². The lowest BCUT2D eigenvalue weighted by molar-refractivity contribution is 0.221. The lowest BCUT2D eigenvalue weighted by atomic mass is 10.2. The van der Waals surface area contributed by atoms with Crippen molar-refractivity contribution in [2.45, 2.75) is 38.9 Å². The van der Waals surface area contributed by atoms with E-state index >= 15 is 0 Å². The Bertz CT molecular complexity index is 817. The molecule has 6 nitrogen and oxygen atoms in total. The zero-order valence-electron chi connectivity index (χ0n) is 14.1. The van der Waals surface area contributed by atoms with Crippen molar-refractivity contribution in [3.05, 3.63) is 41.7 Å². The van der Waals surface area contributed by atoms with Crippen molar-refractivity contribution in [3.8, 4) is 10.6 Å². The molecule has 0 radical (unpaired) electrons. The largest absolute Gasteiger partial charge is 0.334 e. The number of nitrogens with zero attached hydrogens (tertiary/aromatic N) is 6. The second kappa shape index (κ2) is 6.49. The molecule has 0 aromatic carbocycles. The van der Waals surface area contributed by atoms with Crippen LogP contribution < -0.4 is 0 Å². The van der Waals surface area contributed by atoms with E-state index in [-0.39, 0.29) is 0 Å². The Balaban J connectivity index is 1.44. The molecule has 1 unspecified atom stereocenters. The Hall–Kier alpha value is -1.99. The van der Waals surface area contributed by atoms with Gasteiger partial charge in [-0.2, -0.15) is 5.10 Å². The summed E-state index contributed by atoms with van der Waals surface area (Å²) in [7, 11) is 1.94. The van der Waals surface area contributed by atoms with Gasteiger partial charge < -0.3 is 4.57 Å². The van der Waals surface area contributed by atoms with Gasteiger partial charge in [0.2, 0.25) is 0 Å². The van der Waals surface area contributed by atoms with Gasteiger partial charge in [-0.3, -0.25) is 9.58 Å². The first kappa shape index (κ1) is 15.5. The van der Waals surface area contributed by atoms with Crippen LogP contribution >= 0.6 is 11.3 Å². The summed E-state index contributed by atoms with van der Waals surface area (Å²) < 4.78 is 4.07. The first-order valence-corrected chi connectivity index (χ1v) is 9.22. The van der Waals surface area contributed by atoms with E-state index < -0.39 is 0 Å². The molecule has 0 spiro atoms. The minimum Gasteiger partial charge on any atom is -0.334 e. The van der Waals surface area contributed by atoms with Crippen LogP contribution in [0.15, 0.2) is 30.2 Å². The number of hydrogen-bond donors (Lipinski definition) is 0. The molecule has 0 aliphatic carbocycles. The Morgan fingerprint density at radius 2 is 2.29 bits per heavy atom. The van der Waals surface area contributed by atoms with E-state index in [0.717, 1.165) is 41.7 Å². The molecule has 1 saturated heterocycles. The molecule has 4 rings (SSSR count). The molecule has 0 amide bonds. The monoisotopic (exact) mass is 342 g/mol. The quantitative estimate of drug-likeness (QED) is 0.715. The van der Waals surface area contributed by atoms with Crippen LogP contribution in [-0.4, -0.2) is 41.8 Å². The van der Waals surface area contributed by atoms with E-state index in [9.17, 15) is 0 Å². The Morgan fingerprint density at radius 1 is 1.38 bits per heavy atom. The van der Waals surface area contributed by atoms with E-state index in [4.69, 9.17) is 4.98 Å². The fourth-order valence-electron chi connectivity index (χ4n) is 3.39. The average Bonchev–Trinajstić information content (AvgIpc) is 3.32. The summed E-state index contributed by atoms with van der Waals surface area (Å²) >= 11 is 1.70. The fraction of sp³-hybridized carbons (Fsp3) is 0.471. The molecule has 1 aliphatic heterocycles. The number of hydrogen-bond acceptors (Lipinski definition) is 5. The maximum Gasteiger partial charge on any atom is 0.126 e. The first-order valence-electron chi connectivity index (χ1n) is 8.34. The van der Waals surface area contributed by atoms with Crippen LogP contribution in [0.5, 0.6) is 0 Å². The van der Waals surface area contributed by atoms with Crippen LogP contribution in [0.3, 0.4) is 0 Å². The van der Waals surface area contributed by atoms with E-state index in [1.807, 2.05) is 30.3 Å². The molecule has 24 heavy (non-hydrogen) atoms. The molecular formula is C17H22N6S. The van der Waals surface area contributed by atoms with Crippen LogP contribution in [0.25, 0.3) is 10.6 Å². The number of aromatic nitrogens is 5. The van der Waals surface area contributed by atoms with Gasteiger partial charge in [0, 0.05) is 55.7 Å². The Labute approximate surface area is 145 Å². The van der Waals surface area contributed by atoms with E-state index in [2.05, 4.69) is 38.1 Å². The van der Waals surface area contributed by atoms with Crippen LogP contribution in [0.4, 0.5) is 0 Å². The summed E-state index contributed by atoms with van der Waals surface area (Å²) in [5, 5.41) is 7.47. The third-order valence-corrected chi connectivity index (χ3v) is 5.64. The van der Waals surface area contributed by atoms with Crippen LogP contribution in [0, 0.1) is 6.92 Å². The summed E-state index contributed by atoms with van der Waals surface area (Å²) in [6, 6.07) is 0.571. The number of likely N-dealkylation sites (tertiary alicyclic amines) is 1. The van der Waals surface area contributed by atoms with Gasteiger partial charge in [-0.15, -0.1) is 11.3 Å². The molecule has 126 valence electrons. The van der Waals surface area contributed by atoms with Crippen molar-refractivity contribution in [2.24, 2.45) is 7.05 Å². The van der Waals surface area contributed by atoms with E-state index in [1.165, 1.54) is 12.8 Å². The fourth-order valence-corrected chi connectivity index (χ4v) is 4.17. The zero-order chi connectivity index (χ0) is 16.5. The van der Waals surface area contributed by atoms with Crippen molar-refractivity contribution in [1.82, 2.24) is 29.2 Å². The molecule has 0 saturated carbocycles. The van der Waals surface area contributed by atoms with E-state index in [0.29, 0.717) is 6.04 Å². The van der Waals surface area contributed by atoms with Crippen LogP contribution in [-0.2, 0) is 20.1 Å². The summed E-state index contributed by atoms with van der Waals surface area (Å²) in [5.41, 5.74) is 2.26. The maximum atomic E-state index is 4.81. The van der Waals surface area contributed by atoms with Gasteiger partial charge >= 0.3 is 0 Å². The second-order valence-electron chi connectivity index (χ2n) is 6.44. The molecule has 3 aromatic heterocycles. The van der Waals surface area contributed by atoms with Crippen LogP contribution in [0.2, 0.25) is 0 Å². The highest BCUT2D eigenvalue weighted by molar-refractivity contribution is 7.13. The molecule has 1 fully saturated rings. The van der Waals surface area contributed by atoms with Crippen molar-refractivity contribution < 1.29 is 0 Å². The highest BCUT2D eigenvalue weighted by Crippen LogP contribution is 2.26. The van der Waals surface area contributed by atoms with Gasteiger partial charge in [0.05, 0.1) is 11.9 Å². The molecule has 4 heterocycles. The molecule has 1 atom stereocenters. The number of imidazole rings is 1. The Kier molecular flexibility index (Phi) is 4.20. The van der Waals surface area contributed by atoms with Crippen molar-refractivity contribution in [3.63, 3.8) is 0 Å². The SMILES string of the molecule is Cc1nccn1CC1CCCN1Cc1csc(-c2cnn(C)c2)n1. The minimum absolute atomic E-state index is 0.571. The highest BCUT2D eigenvalue weighted by Gasteiger charge is 2.25. The summed E-state index contributed by atoms with van der Waals surface area (Å²) in [6.07, 6.45) is 10.4. The lowest BCUT2D eigenvalue weighted by Crippen LogP contribution is -2.32. The summed E-state index contributed by atoms with van der Waals surface area (Å²) in [5.74, 6) is 1.09. The summed E-state index contributed by atoms with van der Waals surface area (Å²) in [4.78, 5) is 11.7. The lowest BCUT2D eigenvalue weighted by Gasteiger charge is -2.24. The van der Waals surface area contributed by atoms with Crippen molar-refractivity contribution >= 4 is 11.3 Å². The predicted molar refractivity (Wildman–Crippen MR) is 94.7 cm³/mol. The number of rotatable bonds is 5. The highest BCUT2D eigenvalue weighted by atomic mass is 32.1. The van der Waals surface area contributed by atoms with Gasteiger partial charge in [-0.1, -0.05) is 0 Å². The van der Waals surface area contributed by atoms with Crippen LogP contribution in [0.1, 0.15) is 24.4 Å². The maximum absolute atomic E-state index is 4.81. The molecular weight excluding hydrogens is 320 g/mol. The minimum atomic E-state index is 0.571. The number of thiazole rings is 1. The molecule has 0 N–H and O–H groups in total. The third-order valence-electron chi connectivity index (χ3n) is 4.70. The standard InChI is InChI=1S/C17H22N6S/c1-13-18-5-7-22(13)11-16-4-3-6-23(16)10-15-12-24-17(20-15)14-8-19-21(2)9-14/h5,7-9,12,16H,3-4,6,10-11H2,1-2H3. The van der Waals surface area contributed by atoms with Crippen molar-refractivity contribution in [1.29, 1.82) is 0 Å². The third kappa shape index (κ3) is 3.14. The van der Waals surface area contributed by atoms with Gasteiger partial charge in [0.1, 0.15) is 10.8 Å². The zero-order valence-corrected chi connectivity index (χ0v) is 14.9. The predicted octanol–water partition coefficient (Wildman–Crippen LogP) is 2.71. The second-order valence-corrected chi connectivity index (χ2v) is 7.30. The van der Waals surface area contributed by atoms with Gasteiger partial charge in [-0.25, -0.2) is 9.97 Å². The normalized spacial score (nSPS) is 18.5. The number of aryl methyl sites for hydroxylation is 2. The Morgan fingerprint density at radius 3 is 3.04 bits per heavy atom. The molecule has 1 aliphatic rings. The van der Waals surface area contributed by atoms with Gasteiger partial charge in [0.15, 0.2) is 0 Å². The smallest absolute Gasteiger partial charge is 0.126 e. The topological polar surface area (TPSA) is 51.8 Å². The molecule has 3 aromatic rings.